The van der Waals surface area contributed by atoms with Crippen LogP contribution in [-0.2, 0) is 14.8 Å². The first kappa shape index (κ1) is 22.0. The summed E-state index contributed by atoms with van der Waals surface area (Å²) < 4.78 is 26.9. The highest BCUT2D eigenvalue weighted by Gasteiger charge is 2.32. The van der Waals surface area contributed by atoms with Crippen LogP contribution in [0.15, 0.2) is 96.4 Å². The molecule has 0 spiro atoms. The molecule has 0 unspecified atom stereocenters. The summed E-state index contributed by atoms with van der Waals surface area (Å²) in [7, 11) is -3.54. The van der Waals surface area contributed by atoms with Crippen LogP contribution in [0.5, 0.6) is 0 Å². The van der Waals surface area contributed by atoms with Crippen LogP contribution >= 0.6 is 0 Å². The lowest BCUT2D eigenvalue weighted by atomic mass is 9.90. The van der Waals surface area contributed by atoms with E-state index in [9.17, 15) is 13.2 Å². The topological polar surface area (TPSA) is 57.7 Å². The van der Waals surface area contributed by atoms with E-state index in [0.29, 0.717) is 13.1 Å². The lowest BCUT2D eigenvalue weighted by Gasteiger charge is -2.35. The Kier molecular flexibility index (Phi) is 6.83. The van der Waals surface area contributed by atoms with E-state index in [2.05, 4.69) is 0 Å². The van der Waals surface area contributed by atoms with Crippen LogP contribution in [0.3, 0.4) is 0 Å². The van der Waals surface area contributed by atoms with Crippen molar-refractivity contribution < 1.29 is 13.2 Å². The standard InChI is InChI=1S/C26H26N2O3S/c29-26(25(23-12-6-2-7-13-23)24-14-8-3-9-15-24)27-17-19-28(20-18-27)32(30,31)21-16-22-10-4-1-5-11-22/h1-16,21,25H,17-20H2. The highest BCUT2D eigenvalue weighted by Crippen LogP contribution is 2.27. The molecule has 0 aromatic heterocycles. The summed E-state index contributed by atoms with van der Waals surface area (Å²) in [5.74, 6) is -0.405. The average Bonchev–Trinajstić information content (AvgIpc) is 2.85. The SMILES string of the molecule is O=C(C(c1ccccc1)c1ccccc1)N1CCN(S(=O)(=O)C=Cc2ccccc2)CC1. The van der Waals surface area contributed by atoms with E-state index in [4.69, 9.17) is 0 Å². The fraction of sp³-hybridized carbons (Fsp3) is 0.192. The van der Waals surface area contributed by atoms with Crippen molar-refractivity contribution in [1.29, 1.82) is 0 Å². The van der Waals surface area contributed by atoms with Gasteiger partial charge in [0.1, 0.15) is 0 Å². The van der Waals surface area contributed by atoms with E-state index < -0.39 is 15.9 Å². The van der Waals surface area contributed by atoms with Crippen molar-refractivity contribution in [3.63, 3.8) is 0 Å². The number of carbonyl (C=O) groups excluding carboxylic acids is 1. The van der Waals surface area contributed by atoms with Gasteiger partial charge >= 0.3 is 0 Å². The van der Waals surface area contributed by atoms with Gasteiger partial charge in [-0.1, -0.05) is 91.0 Å². The van der Waals surface area contributed by atoms with Gasteiger partial charge in [-0.2, -0.15) is 4.31 Å². The number of rotatable bonds is 6. The Morgan fingerprint density at radius 1 is 0.719 bits per heavy atom. The summed E-state index contributed by atoms with van der Waals surface area (Å²) in [6, 6.07) is 28.8. The number of hydrogen-bond donors (Lipinski definition) is 0. The fourth-order valence-corrected chi connectivity index (χ4v) is 5.10. The van der Waals surface area contributed by atoms with Gasteiger partial charge in [-0.05, 0) is 22.8 Å². The molecule has 32 heavy (non-hydrogen) atoms. The molecule has 0 aliphatic carbocycles. The zero-order valence-corrected chi connectivity index (χ0v) is 18.6. The summed E-state index contributed by atoms with van der Waals surface area (Å²) in [6.07, 6.45) is 1.60. The second-order valence-corrected chi connectivity index (χ2v) is 9.56. The molecule has 0 radical (unpaired) electrons. The monoisotopic (exact) mass is 446 g/mol. The molecule has 0 saturated carbocycles. The Bertz CT molecular complexity index is 1120. The van der Waals surface area contributed by atoms with E-state index in [1.165, 1.54) is 9.71 Å². The Morgan fingerprint density at radius 2 is 1.19 bits per heavy atom. The Morgan fingerprint density at radius 3 is 1.69 bits per heavy atom. The molecule has 164 valence electrons. The predicted molar refractivity (Wildman–Crippen MR) is 127 cm³/mol. The molecule has 1 heterocycles. The van der Waals surface area contributed by atoms with Crippen LogP contribution < -0.4 is 0 Å². The minimum absolute atomic E-state index is 0.000671. The Balaban J connectivity index is 1.47. The quantitative estimate of drug-likeness (QED) is 0.576. The van der Waals surface area contributed by atoms with Crippen molar-refractivity contribution in [3.05, 3.63) is 113 Å². The molecule has 1 aliphatic rings. The molecule has 0 atom stereocenters. The van der Waals surface area contributed by atoms with Gasteiger partial charge in [0.15, 0.2) is 0 Å². The molecular formula is C26H26N2O3S. The maximum absolute atomic E-state index is 13.5. The largest absolute Gasteiger partial charge is 0.339 e. The second-order valence-electron chi connectivity index (χ2n) is 7.74. The van der Waals surface area contributed by atoms with Crippen molar-refractivity contribution >= 4 is 22.0 Å². The normalized spacial score (nSPS) is 15.3. The van der Waals surface area contributed by atoms with Crippen molar-refractivity contribution in [2.45, 2.75) is 5.92 Å². The minimum Gasteiger partial charge on any atom is -0.339 e. The van der Waals surface area contributed by atoms with Crippen LogP contribution in [0.4, 0.5) is 0 Å². The maximum Gasteiger partial charge on any atom is 0.236 e. The van der Waals surface area contributed by atoms with Crippen molar-refractivity contribution in [2.75, 3.05) is 26.2 Å². The molecule has 1 saturated heterocycles. The molecule has 1 amide bonds. The number of hydrogen-bond acceptors (Lipinski definition) is 3. The van der Waals surface area contributed by atoms with E-state index in [-0.39, 0.29) is 19.0 Å². The number of amides is 1. The van der Waals surface area contributed by atoms with Gasteiger partial charge in [-0.3, -0.25) is 4.79 Å². The van der Waals surface area contributed by atoms with E-state index in [1.807, 2.05) is 91.0 Å². The smallest absolute Gasteiger partial charge is 0.236 e. The summed E-state index contributed by atoms with van der Waals surface area (Å²) in [6.45, 7) is 1.30. The first-order valence-electron chi connectivity index (χ1n) is 10.7. The summed E-state index contributed by atoms with van der Waals surface area (Å²) >= 11 is 0. The molecule has 6 heteroatoms. The number of carbonyl (C=O) groups is 1. The van der Waals surface area contributed by atoms with Crippen molar-refractivity contribution in [1.82, 2.24) is 9.21 Å². The number of piperazine rings is 1. The number of benzene rings is 3. The van der Waals surface area contributed by atoms with Gasteiger partial charge in [0.25, 0.3) is 0 Å². The lowest BCUT2D eigenvalue weighted by Crippen LogP contribution is -2.51. The predicted octanol–water partition coefficient (Wildman–Crippen LogP) is 3.96. The molecular weight excluding hydrogens is 420 g/mol. The van der Waals surface area contributed by atoms with Gasteiger partial charge < -0.3 is 4.90 Å². The highest BCUT2D eigenvalue weighted by atomic mass is 32.2. The van der Waals surface area contributed by atoms with Crippen molar-refractivity contribution in [2.24, 2.45) is 0 Å². The molecule has 4 rings (SSSR count). The third kappa shape index (κ3) is 5.15. The average molecular weight is 447 g/mol. The van der Waals surface area contributed by atoms with Gasteiger partial charge in [-0.25, -0.2) is 8.42 Å². The first-order valence-corrected chi connectivity index (χ1v) is 12.2. The van der Waals surface area contributed by atoms with E-state index in [1.54, 1.807) is 11.0 Å². The zero-order chi connectivity index (χ0) is 22.4. The molecule has 5 nitrogen and oxygen atoms in total. The Labute approximate surface area is 189 Å². The third-order valence-corrected chi connectivity index (χ3v) is 7.22. The molecule has 3 aromatic carbocycles. The summed E-state index contributed by atoms with van der Waals surface area (Å²) in [5, 5.41) is 1.25. The van der Waals surface area contributed by atoms with E-state index >= 15 is 0 Å². The molecule has 0 bridgehead atoms. The molecule has 1 aliphatic heterocycles. The van der Waals surface area contributed by atoms with Gasteiger partial charge in [-0.15, -0.1) is 0 Å². The maximum atomic E-state index is 13.5. The van der Waals surface area contributed by atoms with Crippen LogP contribution in [-0.4, -0.2) is 49.7 Å². The van der Waals surface area contributed by atoms with E-state index in [0.717, 1.165) is 16.7 Å². The van der Waals surface area contributed by atoms with Gasteiger partial charge in [0.2, 0.25) is 15.9 Å². The summed E-state index contributed by atoms with van der Waals surface area (Å²) in [5.41, 5.74) is 2.70. The van der Waals surface area contributed by atoms with Gasteiger partial charge in [0.05, 0.1) is 5.92 Å². The third-order valence-electron chi connectivity index (χ3n) is 5.65. The van der Waals surface area contributed by atoms with Crippen LogP contribution in [0.2, 0.25) is 0 Å². The zero-order valence-electron chi connectivity index (χ0n) is 17.7. The first-order chi connectivity index (χ1) is 15.5. The van der Waals surface area contributed by atoms with Crippen molar-refractivity contribution in [3.8, 4) is 0 Å². The number of nitrogens with zero attached hydrogens (tertiary/aromatic N) is 2. The fourth-order valence-electron chi connectivity index (χ4n) is 3.93. The van der Waals surface area contributed by atoms with Crippen LogP contribution in [0, 0.1) is 0 Å². The van der Waals surface area contributed by atoms with Crippen LogP contribution in [0.1, 0.15) is 22.6 Å². The Hall–Kier alpha value is -3.22. The minimum atomic E-state index is -3.54. The number of sulfonamides is 1. The second kappa shape index (κ2) is 9.94. The molecule has 0 N–H and O–H groups in total. The highest BCUT2D eigenvalue weighted by molar-refractivity contribution is 7.92. The lowest BCUT2D eigenvalue weighted by molar-refractivity contribution is -0.133. The molecule has 3 aromatic rings. The van der Waals surface area contributed by atoms with Crippen LogP contribution in [0.25, 0.3) is 6.08 Å². The summed E-state index contributed by atoms with van der Waals surface area (Å²) in [4.78, 5) is 15.3. The molecule has 1 fully saturated rings. The van der Waals surface area contributed by atoms with Gasteiger partial charge in [0, 0.05) is 31.6 Å².